The highest BCUT2D eigenvalue weighted by Gasteiger charge is 2.11. The molecule has 1 aromatic carbocycles. The van der Waals surface area contributed by atoms with Crippen molar-refractivity contribution in [2.45, 2.75) is 13.0 Å². The van der Waals surface area contributed by atoms with Gasteiger partial charge in [-0.05, 0) is 18.2 Å². The summed E-state index contributed by atoms with van der Waals surface area (Å²) in [6.07, 6.45) is 2.61. The van der Waals surface area contributed by atoms with E-state index in [9.17, 15) is 0 Å². The van der Waals surface area contributed by atoms with Gasteiger partial charge in [0.2, 0.25) is 0 Å². The van der Waals surface area contributed by atoms with Crippen LogP contribution in [0.4, 0.5) is 5.69 Å². The lowest BCUT2D eigenvalue weighted by atomic mass is 10.3. The Morgan fingerprint density at radius 1 is 1.26 bits per heavy atom. The van der Waals surface area contributed by atoms with Crippen molar-refractivity contribution in [1.82, 2.24) is 15.5 Å². The summed E-state index contributed by atoms with van der Waals surface area (Å²) in [5, 5.41) is 13.2. The van der Waals surface area contributed by atoms with Crippen LogP contribution < -0.4 is 20.1 Å². The van der Waals surface area contributed by atoms with Crippen molar-refractivity contribution in [2.24, 2.45) is 4.99 Å². The zero-order chi connectivity index (χ0) is 15.2. The molecule has 23 heavy (non-hydrogen) atoms. The molecule has 3 N–H and O–H groups in total. The first-order chi connectivity index (χ1) is 10.8. The Balaban J connectivity index is 0.00000192. The molecule has 1 aliphatic heterocycles. The van der Waals surface area contributed by atoms with Gasteiger partial charge in [0, 0.05) is 31.4 Å². The van der Waals surface area contributed by atoms with Gasteiger partial charge in [-0.1, -0.05) is 0 Å². The fraction of sp³-hybridized carbons (Fsp3) is 0.333. The minimum Gasteiger partial charge on any atom is -0.490 e. The van der Waals surface area contributed by atoms with Gasteiger partial charge in [-0.3, -0.25) is 10.1 Å². The predicted molar refractivity (Wildman–Crippen MR) is 99.9 cm³/mol. The van der Waals surface area contributed by atoms with E-state index in [1.54, 1.807) is 13.2 Å². The first-order valence-corrected chi connectivity index (χ1v) is 7.21. The highest BCUT2D eigenvalue weighted by atomic mass is 127. The number of halogens is 1. The van der Waals surface area contributed by atoms with Crippen molar-refractivity contribution in [2.75, 3.05) is 25.6 Å². The molecule has 1 aliphatic rings. The van der Waals surface area contributed by atoms with E-state index in [-0.39, 0.29) is 24.0 Å². The van der Waals surface area contributed by atoms with Crippen molar-refractivity contribution in [3.63, 3.8) is 0 Å². The number of benzene rings is 1. The molecule has 2 aromatic rings. The summed E-state index contributed by atoms with van der Waals surface area (Å²) in [5.74, 6) is 2.21. The molecule has 0 aliphatic carbocycles. The average molecular weight is 429 g/mol. The molecule has 0 unspecified atom stereocenters. The molecule has 2 heterocycles. The second kappa shape index (κ2) is 8.61. The Morgan fingerprint density at radius 3 is 2.83 bits per heavy atom. The van der Waals surface area contributed by atoms with E-state index in [4.69, 9.17) is 9.47 Å². The summed E-state index contributed by atoms with van der Waals surface area (Å²) in [6.45, 7) is 1.97. The number of ether oxygens (including phenoxy) is 2. The van der Waals surface area contributed by atoms with Crippen LogP contribution in [0.25, 0.3) is 0 Å². The summed E-state index contributed by atoms with van der Waals surface area (Å²) in [6, 6.07) is 7.68. The smallest absolute Gasteiger partial charge is 0.195 e. The van der Waals surface area contributed by atoms with Crippen LogP contribution in [0.2, 0.25) is 0 Å². The zero-order valence-corrected chi connectivity index (χ0v) is 15.2. The predicted octanol–water partition coefficient (Wildman–Crippen LogP) is 2.38. The first kappa shape index (κ1) is 17.4. The number of fused-ring (bicyclic) bond motifs is 1. The van der Waals surface area contributed by atoms with Gasteiger partial charge in [-0.2, -0.15) is 5.10 Å². The summed E-state index contributed by atoms with van der Waals surface area (Å²) >= 11 is 0. The number of guanidine groups is 1. The molecule has 0 fully saturated rings. The maximum absolute atomic E-state index is 5.68. The monoisotopic (exact) mass is 429 g/mol. The van der Waals surface area contributed by atoms with Crippen LogP contribution in [0.15, 0.2) is 35.5 Å². The Hall–Kier alpha value is -1.97. The van der Waals surface area contributed by atoms with Gasteiger partial charge < -0.3 is 20.1 Å². The number of hydrogen-bond acceptors (Lipinski definition) is 4. The summed E-state index contributed by atoms with van der Waals surface area (Å²) in [7, 11) is 1.73. The van der Waals surface area contributed by atoms with E-state index < -0.39 is 0 Å². The molecule has 0 radical (unpaired) electrons. The second-order valence-corrected chi connectivity index (χ2v) is 4.84. The molecule has 7 nitrogen and oxygen atoms in total. The molecule has 0 saturated heterocycles. The number of nitrogens with zero attached hydrogens (tertiary/aromatic N) is 2. The van der Waals surface area contributed by atoms with E-state index in [0.29, 0.717) is 25.7 Å². The van der Waals surface area contributed by atoms with E-state index in [1.807, 2.05) is 24.3 Å². The number of rotatable bonds is 3. The standard InChI is InChI=1S/C15H19N5O2.HI/c1-16-15(17-10-12-5-6-18-20-12)19-11-3-4-13-14(9-11)22-8-2-7-21-13;/h3-6,9H,2,7-8,10H2,1H3,(H,18,20)(H2,16,17,19);1H. The highest BCUT2D eigenvalue weighted by Crippen LogP contribution is 2.32. The maximum Gasteiger partial charge on any atom is 0.195 e. The largest absolute Gasteiger partial charge is 0.490 e. The van der Waals surface area contributed by atoms with E-state index in [0.717, 1.165) is 29.3 Å². The first-order valence-electron chi connectivity index (χ1n) is 7.21. The van der Waals surface area contributed by atoms with Gasteiger partial charge in [0.05, 0.1) is 25.5 Å². The van der Waals surface area contributed by atoms with Gasteiger partial charge in [-0.15, -0.1) is 24.0 Å². The summed E-state index contributed by atoms with van der Waals surface area (Å²) in [5.41, 5.74) is 1.88. The quantitative estimate of drug-likeness (QED) is 0.397. The average Bonchev–Trinajstić information content (AvgIpc) is 2.95. The summed E-state index contributed by atoms with van der Waals surface area (Å²) < 4.78 is 11.3. The number of H-pyrrole nitrogens is 1. The Kier molecular flexibility index (Phi) is 6.51. The van der Waals surface area contributed by atoms with Crippen LogP contribution in [0.5, 0.6) is 11.5 Å². The zero-order valence-electron chi connectivity index (χ0n) is 12.8. The number of nitrogens with one attached hydrogen (secondary N) is 3. The number of aromatic nitrogens is 2. The van der Waals surface area contributed by atoms with Gasteiger partial charge in [0.1, 0.15) is 0 Å². The minimum atomic E-state index is 0. The Morgan fingerprint density at radius 2 is 2.09 bits per heavy atom. The summed E-state index contributed by atoms with van der Waals surface area (Å²) in [4.78, 5) is 4.20. The third-order valence-electron chi connectivity index (χ3n) is 3.24. The van der Waals surface area contributed by atoms with Crippen molar-refractivity contribution in [3.8, 4) is 11.5 Å². The second-order valence-electron chi connectivity index (χ2n) is 4.84. The molecule has 0 amide bonds. The van der Waals surface area contributed by atoms with Crippen molar-refractivity contribution >= 4 is 35.6 Å². The molecular weight excluding hydrogens is 409 g/mol. The molecular formula is C15H20IN5O2. The number of hydrogen-bond donors (Lipinski definition) is 3. The molecule has 8 heteroatoms. The van der Waals surface area contributed by atoms with Crippen LogP contribution in [0.3, 0.4) is 0 Å². The lowest BCUT2D eigenvalue weighted by Gasteiger charge is -2.13. The van der Waals surface area contributed by atoms with E-state index >= 15 is 0 Å². The van der Waals surface area contributed by atoms with Crippen LogP contribution in [-0.2, 0) is 6.54 Å². The Labute approximate surface area is 151 Å². The maximum atomic E-state index is 5.68. The molecule has 0 bridgehead atoms. The fourth-order valence-corrected chi connectivity index (χ4v) is 2.12. The number of aromatic amines is 1. The highest BCUT2D eigenvalue weighted by molar-refractivity contribution is 14.0. The van der Waals surface area contributed by atoms with Gasteiger partial charge >= 0.3 is 0 Å². The third-order valence-corrected chi connectivity index (χ3v) is 3.24. The topological polar surface area (TPSA) is 83.6 Å². The van der Waals surface area contributed by atoms with Crippen molar-refractivity contribution in [1.29, 1.82) is 0 Å². The third kappa shape index (κ3) is 4.75. The van der Waals surface area contributed by atoms with Gasteiger partial charge in [0.25, 0.3) is 0 Å². The van der Waals surface area contributed by atoms with Crippen molar-refractivity contribution in [3.05, 3.63) is 36.2 Å². The molecule has 1 aromatic heterocycles. The van der Waals surface area contributed by atoms with Crippen LogP contribution in [0.1, 0.15) is 12.1 Å². The van der Waals surface area contributed by atoms with E-state index in [2.05, 4.69) is 25.8 Å². The normalized spacial score (nSPS) is 13.7. The van der Waals surface area contributed by atoms with E-state index in [1.165, 1.54) is 0 Å². The molecule has 3 rings (SSSR count). The SMILES string of the molecule is CN=C(NCc1ccn[nH]1)Nc1ccc2c(c1)OCCCO2.I. The molecule has 0 atom stereocenters. The fourth-order valence-electron chi connectivity index (χ4n) is 2.12. The van der Waals surface area contributed by atoms with Gasteiger partial charge in [-0.25, -0.2) is 0 Å². The van der Waals surface area contributed by atoms with Crippen LogP contribution in [-0.4, -0.2) is 36.4 Å². The lowest BCUT2D eigenvalue weighted by Crippen LogP contribution is -2.30. The molecule has 124 valence electrons. The van der Waals surface area contributed by atoms with Crippen molar-refractivity contribution < 1.29 is 9.47 Å². The number of anilines is 1. The van der Waals surface area contributed by atoms with Crippen LogP contribution >= 0.6 is 24.0 Å². The minimum absolute atomic E-state index is 0. The van der Waals surface area contributed by atoms with Crippen LogP contribution in [0, 0.1) is 0 Å². The lowest BCUT2D eigenvalue weighted by molar-refractivity contribution is 0.297. The molecule has 0 spiro atoms. The molecule has 0 saturated carbocycles. The van der Waals surface area contributed by atoms with Gasteiger partial charge in [0.15, 0.2) is 17.5 Å². The Bertz CT molecular complexity index is 645. The number of aliphatic imine (C=N–C) groups is 1.